The number of nitrogen functional groups attached to an aromatic ring is 1. The van der Waals surface area contributed by atoms with Crippen molar-refractivity contribution in [1.82, 2.24) is 5.32 Å². The van der Waals surface area contributed by atoms with Crippen LogP contribution >= 0.6 is 11.3 Å². The molecule has 0 aliphatic carbocycles. The highest BCUT2D eigenvalue weighted by Gasteiger charge is 2.12. The predicted molar refractivity (Wildman–Crippen MR) is 84.2 cm³/mol. The number of amides is 1. The van der Waals surface area contributed by atoms with Gasteiger partial charge >= 0.3 is 0 Å². The molecule has 1 heterocycles. The van der Waals surface area contributed by atoms with Gasteiger partial charge in [0.05, 0.1) is 19.1 Å². The summed E-state index contributed by atoms with van der Waals surface area (Å²) in [5.74, 6) is 1.25. The molecular weight excluding hydrogens is 288 g/mol. The van der Waals surface area contributed by atoms with Crippen molar-refractivity contribution in [3.8, 4) is 11.5 Å². The lowest BCUT2D eigenvalue weighted by molar-refractivity contribution is 0.0955. The lowest BCUT2D eigenvalue weighted by Gasteiger charge is -2.11. The van der Waals surface area contributed by atoms with Crippen LogP contribution < -0.4 is 20.5 Å². The van der Waals surface area contributed by atoms with E-state index in [2.05, 4.69) is 5.32 Å². The van der Waals surface area contributed by atoms with E-state index in [1.165, 1.54) is 11.3 Å². The molecule has 0 fully saturated rings. The first-order valence-electron chi connectivity index (χ1n) is 6.40. The minimum atomic E-state index is -0.141. The Kier molecular flexibility index (Phi) is 4.70. The molecule has 0 radical (unpaired) electrons. The molecule has 21 heavy (non-hydrogen) atoms. The third kappa shape index (κ3) is 3.46. The number of carbonyl (C=O) groups is 1. The topological polar surface area (TPSA) is 73.6 Å². The molecule has 0 aliphatic rings. The Labute approximate surface area is 127 Å². The van der Waals surface area contributed by atoms with E-state index in [0.29, 0.717) is 28.6 Å². The van der Waals surface area contributed by atoms with Gasteiger partial charge in [-0.2, -0.15) is 0 Å². The molecule has 1 amide bonds. The van der Waals surface area contributed by atoms with Crippen molar-refractivity contribution in [1.29, 1.82) is 0 Å². The minimum Gasteiger partial charge on any atom is -0.497 e. The molecule has 0 atom stereocenters. The molecule has 1 aromatic heterocycles. The van der Waals surface area contributed by atoms with Crippen molar-refractivity contribution < 1.29 is 14.3 Å². The number of rotatable bonds is 5. The monoisotopic (exact) mass is 306 g/mol. The maximum absolute atomic E-state index is 12.1. The summed E-state index contributed by atoms with van der Waals surface area (Å²) in [6, 6.07) is 7.18. The molecule has 0 saturated heterocycles. The average Bonchev–Trinajstić information content (AvgIpc) is 2.84. The van der Waals surface area contributed by atoms with Gasteiger partial charge in [0.2, 0.25) is 0 Å². The largest absolute Gasteiger partial charge is 0.497 e. The second-order valence-electron chi connectivity index (χ2n) is 4.48. The van der Waals surface area contributed by atoms with Gasteiger partial charge in [0.1, 0.15) is 11.5 Å². The third-order valence-electron chi connectivity index (χ3n) is 3.11. The van der Waals surface area contributed by atoms with Gasteiger partial charge in [0, 0.05) is 28.7 Å². The molecular formula is C15H18N2O3S. The van der Waals surface area contributed by atoms with Gasteiger partial charge in [-0.15, -0.1) is 11.3 Å². The molecule has 1 aromatic carbocycles. The highest BCUT2D eigenvalue weighted by molar-refractivity contribution is 7.14. The van der Waals surface area contributed by atoms with Crippen LogP contribution in [0.2, 0.25) is 0 Å². The van der Waals surface area contributed by atoms with Gasteiger partial charge in [-0.1, -0.05) is 0 Å². The summed E-state index contributed by atoms with van der Waals surface area (Å²) in [7, 11) is 3.18. The Hall–Kier alpha value is -2.21. The third-order valence-corrected chi connectivity index (χ3v) is 4.18. The Morgan fingerprint density at radius 2 is 2.05 bits per heavy atom. The first-order valence-corrected chi connectivity index (χ1v) is 7.21. The molecule has 2 rings (SSSR count). The van der Waals surface area contributed by atoms with Crippen molar-refractivity contribution in [2.75, 3.05) is 20.0 Å². The quantitative estimate of drug-likeness (QED) is 0.890. The Morgan fingerprint density at radius 1 is 1.29 bits per heavy atom. The first-order chi connectivity index (χ1) is 10.0. The summed E-state index contributed by atoms with van der Waals surface area (Å²) in [6.07, 6.45) is 0. The zero-order valence-electron chi connectivity index (χ0n) is 12.2. The Balaban J connectivity index is 2.07. The fourth-order valence-electron chi connectivity index (χ4n) is 1.87. The summed E-state index contributed by atoms with van der Waals surface area (Å²) in [5, 5.41) is 2.86. The van der Waals surface area contributed by atoms with Crippen molar-refractivity contribution in [3.63, 3.8) is 0 Å². The maximum Gasteiger partial charge on any atom is 0.261 e. The number of thiophene rings is 1. The van der Waals surface area contributed by atoms with Crippen LogP contribution in [0, 0.1) is 6.92 Å². The smallest absolute Gasteiger partial charge is 0.261 e. The minimum absolute atomic E-state index is 0.141. The zero-order chi connectivity index (χ0) is 15.4. The standard InChI is InChI=1S/C15H18N2O3S/c1-9-12(16)7-14(21-9)15(18)17-8-10-4-5-11(19-2)6-13(10)20-3/h4-7H,8,16H2,1-3H3,(H,17,18). The fourth-order valence-corrected chi connectivity index (χ4v) is 2.73. The molecule has 3 N–H and O–H groups in total. The van der Waals surface area contributed by atoms with Crippen molar-refractivity contribution >= 4 is 22.9 Å². The van der Waals surface area contributed by atoms with E-state index in [9.17, 15) is 4.79 Å². The first kappa shape index (κ1) is 15.2. The van der Waals surface area contributed by atoms with Crippen LogP contribution in [-0.4, -0.2) is 20.1 Å². The number of anilines is 1. The number of aryl methyl sites for hydroxylation is 1. The van der Waals surface area contributed by atoms with E-state index in [1.54, 1.807) is 26.4 Å². The van der Waals surface area contributed by atoms with Gasteiger partial charge in [0.15, 0.2) is 0 Å². The number of carbonyl (C=O) groups excluding carboxylic acids is 1. The van der Waals surface area contributed by atoms with E-state index in [4.69, 9.17) is 15.2 Å². The summed E-state index contributed by atoms with van der Waals surface area (Å²) in [6.45, 7) is 2.27. The molecule has 0 bridgehead atoms. The van der Waals surface area contributed by atoms with Crippen molar-refractivity contribution in [3.05, 3.63) is 39.6 Å². The molecule has 0 unspecified atom stereocenters. The number of benzene rings is 1. The summed E-state index contributed by atoms with van der Waals surface area (Å²) in [5.41, 5.74) is 7.29. The van der Waals surface area contributed by atoms with Gasteiger partial charge in [-0.25, -0.2) is 0 Å². The lowest BCUT2D eigenvalue weighted by atomic mass is 10.2. The molecule has 6 heteroatoms. The average molecular weight is 306 g/mol. The lowest BCUT2D eigenvalue weighted by Crippen LogP contribution is -2.22. The van der Waals surface area contributed by atoms with Crippen molar-refractivity contribution in [2.45, 2.75) is 13.5 Å². The predicted octanol–water partition coefficient (Wildman–Crippen LogP) is 2.59. The van der Waals surface area contributed by atoms with E-state index >= 15 is 0 Å². The molecule has 0 spiro atoms. The molecule has 0 saturated carbocycles. The van der Waals surface area contributed by atoms with E-state index < -0.39 is 0 Å². The fraction of sp³-hybridized carbons (Fsp3) is 0.267. The van der Waals surface area contributed by atoms with E-state index in [0.717, 1.165) is 10.4 Å². The van der Waals surface area contributed by atoms with Gasteiger partial charge < -0.3 is 20.5 Å². The highest BCUT2D eigenvalue weighted by Crippen LogP contribution is 2.25. The number of hydrogen-bond acceptors (Lipinski definition) is 5. The van der Waals surface area contributed by atoms with Crippen LogP contribution in [0.15, 0.2) is 24.3 Å². The second kappa shape index (κ2) is 6.49. The molecule has 112 valence electrons. The van der Waals surface area contributed by atoms with Crippen LogP contribution in [0.4, 0.5) is 5.69 Å². The molecule has 5 nitrogen and oxygen atoms in total. The van der Waals surface area contributed by atoms with Crippen LogP contribution in [0.3, 0.4) is 0 Å². The summed E-state index contributed by atoms with van der Waals surface area (Å²) >= 11 is 1.39. The number of nitrogens with two attached hydrogens (primary N) is 1. The van der Waals surface area contributed by atoms with E-state index in [-0.39, 0.29) is 5.91 Å². The summed E-state index contributed by atoms with van der Waals surface area (Å²) < 4.78 is 10.4. The van der Waals surface area contributed by atoms with Crippen LogP contribution in [-0.2, 0) is 6.54 Å². The SMILES string of the molecule is COc1ccc(CNC(=O)c2cc(N)c(C)s2)c(OC)c1. The highest BCUT2D eigenvalue weighted by atomic mass is 32.1. The summed E-state index contributed by atoms with van der Waals surface area (Å²) in [4.78, 5) is 13.6. The Morgan fingerprint density at radius 3 is 2.62 bits per heavy atom. The number of nitrogens with one attached hydrogen (secondary N) is 1. The molecule has 2 aromatic rings. The van der Waals surface area contributed by atoms with Crippen molar-refractivity contribution in [2.24, 2.45) is 0 Å². The molecule has 0 aliphatic heterocycles. The number of ether oxygens (including phenoxy) is 2. The van der Waals surface area contributed by atoms with Crippen LogP contribution in [0.25, 0.3) is 0 Å². The zero-order valence-corrected chi connectivity index (χ0v) is 13.0. The van der Waals surface area contributed by atoms with Crippen LogP contribution in [0.1, 0.15) is 20.1 Å². The number of hydrogen-bond donors (Lipinski definition) is 2. The van der Waals surface area contributed by atoms with E-state index in [1.807, 2.05) is 19.1 Å². The number of methoxy groups -OCH3 is 2. The second-order valence-corrected chi connectivity index (χ2v) is 5.74. The van der Waals surface area contributed by atoms with Gasteiger partial charge in [-0.05, 0) is 25.1 Å². The maximum atomic E-state index is 12.1. The van der Waals surface area contributed by atoms with Gasteiger partial charge in [0.25, 0.3) is 5.91 Å². The normalized spacial score (nSPS) is 10.2. The van der Waals surface area contributed by atoms with Gasteiger partial charge in [-0.3, -0.25) is 4.79 Å². The Bertz CT molecular complexity index is 633. The van der Waals surface area contributed by atoms with Crippen LogP contribution in [0.5, 0.6) is 11.5 Å².